The Bertz CT molecular complexity index is 281. The van der Waals surface area contributed by atoms with E-state index < -0.39 is 21.5 Å². The van der Waals surface area contributed by atoms with Gasteiger partial charge in [0.1, 0.15) is 5.60 Å². The zero-order chi connectivity index (χ0) is 10.7. The van der Waals surface area contributed by atoms with Crippen LogP contribution in [0.4, 0.5) is 0 Å². The molecule has 78 valence electrons. The number of amides is 1. The molecular weight excluding hydrogens is 194 g/mol. The molecule has 5 nitrogen and oxygen atoms in total. The second-order valence-electron chi connectivity index (χ2n) is 3.15. The van der Waals surface area contributed by atoms with Crippen molar-refractivity contribution in [3.05, 3.63) is 0 Å². The molecule has 0 spiro atoms. The Morgan fingerprint density at radius 3 is 2.23 bits per heavy atom. The topological polar surface area (TPSA) is 72.5 Å². The molecule has 0 saturated carbocycles. The fraction of sp³-hybridized carbons (Fsp3) is 0.857. The lowest BCUT2D eigenvalue weighted by Gasteiger charge is -2.22. The predicted molar refractivity (Wildman–Crippen MR) is 48.7 cm³/mol. The Morgan fingerprint density at radius 1 is 1.46 bits per heavy atom. The maximum atomic E-state index is 11.3. The number of carbonyl (C=O) groups is 1. The lowest BCUT2D eigenvalue weighted by Crippen LogP contribution is -2.46. The quantitative estimate of drug-likeness (QED) is 0.700. The van der Waals surface area contributed by atoms with E-state index in [0.717, 1.165) is 6.26 Å². The summed E-state index contributed by atoms with van der Waals surface area (Å²) in [5.41, 5.74) is -1.11. The van der Waals surface area contributed by atoms with Crippen LogP contribution in [0.25, 0.3) is 0 Å². The molecule has 0 fully saturated rings. The van der Waals surface area contributed by atoms with Gasteiger partial charge in [-0.15, -0.1) is 0 Å². The van der Waals surface area contributed by atoms with Crippen LogP contribution in [-0.4, -0.2) is 32.8 Å². The molecule has 0 aromatic rings. The van der Waals surface area contributed by atoms with Gasteiger partial charge in [-0.25, -0.2) is 8.42 Å². The first-order valence-corrected chi connectivity index (χ1v) is 5.74. The van der Waals surface area contributed by atoms with E-state index in [1.165, 1.54) is 13.8 Å². The minimum atomic E-state index is -3.50. The van der Waals surface area contributed by atoms with Gasteiger partial charge < -0.3 is 4.74 Å². The van der Waals surface area contributed by atoms with E-state index in [9.17, 15) is 13.2 Å². The van der Waals surface area contributed by atoms with Gasteiger partial charge in [-0.2, -0.15) is 0 Å². The summed E-state index contributed by atoms with van der Waals surface area (Å²) in [4.78, 5) is 11.3. The summed E-state index contributed by atoms with van der Waals surface area (Å²) in [6, 6.07) is 0. The van der Waals surface area contributed by atoms with E-state index in [4.69, 9.17) is 4.74 Å². The molecule has 1 N–H and O–H groups in total. The molecule has 0 aliphatic carbocycles. The fourth-order valence-electron chi connectivity index (χ4n) is 0.718. The third kappa shape index (κ3) is 4.84. The SMILES string of the molecule is CCOC(C)(C)C(=O)NS(C)(=O)=O. The van der Waals surface area contributed by atoms with Crippen molar-refractivity contribution < 1.29 is 17.9 Å². The highest BCUT2D eigenvalue weighted by atomic mass is 32.2. The highest BCUT2D eigenvalue weighted by Crippen LogP contribution is 2.08. The maximum Gasteiger partial charge on any atom is 0.265 e. The van der Waals surface area contributed by atoms with Crippen molar-refractivity contribution in [3.8, 4) is 0 Å². The van der Waals surface area contributed by atoms with E-state index in [0.29, 0.717) is 6.61 Å². The Morgan fingerprint density at radius 2 is 1.92 bits per heavy atom. The second kappa shape index (κ2) is 4.06. The molecule has 0 aromatic heterocycles. The molecule has 0 rings (SSSR count). The Labute approximate surface area is 78.5 Å². The predicted octanol–water partition coefficient (Wildman–Crippen LogP) is -0.123. The first kappa shape index (κ1) is 12.4. The zero-order valence-corrected chi connectivity index (χ0v) is 9.06. The number of hydrogen-bond acceptors (Lipinski definition) is 4. The first-order chi connectivity index (χ1) is 5.69. The number of nitrogens with one attached hydrogen (secondary N) is 1. The zero-order valence-electron chi connectivity index (χ0n) is 8.25. The summed E-state index contributed by atoms with van der Waals surface area (Å²) < 4.78 is 28.3. The van der Waals surface area contributed by atoms with Crippen molar-refractivity contribution in [2.24, 2.45) is 0 Å². The lowest BCUT2D eigenvalue weighted by atomic mass is 10.1. The number of ether oxygens (including phenoxy) is 1. The summed E-state index contributed by atoms with van der Waals surface area (Å²) in [5, 5.41) is 0. The van der Waals surface area contributed by atoms with Crippen LogP contribution in [0.2, 0.25) is 0 Å². The largest absolute Gasteiger partial charge is 0.366 e. The Hall–Kier alpha value is -0.620. The van der Waals surface area contributed by atoms with Crippen LogP contribution in [0.1, 0.15) is 20.8 Å². The molecule has 1 amide bonds. The van der Waals surface area contributed by atoms with Gasteiger partial charge in [0, 0.05) is 6.61 Å². The third-order valence-electron chi connectivity index (χ3n) is 1.33. The van der Waals surface area contributed by atoms with Gasteiger partial charge >= 0.3 is 0 Å². The van der Waals surface area contributed by atoms with Crippen LogP contribution in [0, 0.1) is 0 Å². The van der Waals surface area contributed by atoms with Gasteiger partial charge in [0.25, 0.3) is 5.91 Å². The summed E-state index contributed by atoms with van der Waals surface area (Å²) in [7, 11) is -3.50. The van der Waals surface area contributed by atoms with Crippen LogP contribution in [-0.2, 0) is 19.6 Å². The second-order valence-corrected chi connectivity index (χ2v) is 4.90. The van der Waals surface area contributed by atoms with Crippen molar-refractivity contribution in [3.63, 3.8) is 0 Å². The van der Waals surface area contributed by atoms with Crippen LogP contribution in [0.15, 0.2) is 0 Å². The van der Waals surface area contributed by atoms with Crippen LogP contribution in [0.5, 0.6) is 0 Å². The van der Waals surface area contributed by atoms with E-state index >= 15 is 0 Å². The minimum Gasteiger partial charge on any atom is -0.366 e. The van der Waals surface area contributed by atoms with Crippen molar-refractivity contribution in [1.82, 2.24) is 4.72 Å². The van der Waals surface area contributed by atoms with Gasteiger partial charge in [0.15, 0.2) is 0 Å². The summed E-state index contributed by atoms with van der Waals surface area (Å²) in [5.74, 6) is -0.656. The highest BCUT2D eigenvalue weighted by molar-refractivity contribution is 7.89. The average molecular weight is 209 g/mol. The molecule has 0 atom stereocenters. The summed E-state index contributed by atoms with van der Waals surface area (Å²) in [6.45, 7) is 5.10. The van der Waals surface area contributed by atoms with Gasteiger partial charge in [-0.05, 0) is 20.8 Å². The van der Waals surface area contributed by atoms with Gasteiger partial charge in [-0.3, -0.25) is 9.52 Å². The Kier molecular flexibility index (Phi) is 3.87. The number of hydrogen-bond donors (Lipinski definition) is 1. The molecule has 0 aliphatic heterocycles. The molecule has 0 radical (unpaired) electrons. The average Bonchev–Trinajstić information content (AvgIpc) is 1.82. The smallest absolute Gasteiger partial charge is 0.265 e. The summed E-state index contributed by atoms with van der Waals surface area (Å²) >= 11 is 0. The van der Waals surface area contributed by atoms with E-state index in [2.05, 4.69) is 0 Å². The van der Waals surface area contributed by atoms with Crippen molar-refractivity contribution in [2.75, 3.05) is 12.9 Å². The van der Waals surface area contributed by atoms with Gasteiger partial charge in [0.05, 0.1) is 6.26 Å². The normalized spacial score (nSPS) is 12.6. The minimum absolute atomic E-state index is 0.351. The molecule has 0 aromatic carbocycles. The van der Waals surface area contributed by atoms with E-state index in [1.54, 1.807) is 6.92 Å². The summed E-state index contributed by atoms with van der Waals surface area (Å²) in [6.07, 6.45) is 0.924. The van der Waals surface area contributed by atoms with Crippen molar-refractivity contribution in [1.29, 1.82) is 0 Å². The number of carbonyl (C=O) groups excluding carboxylic acids is 1. The van der Waals surface area contributed by atoms with Crippen molar-refractivity contribution in [2.45, 2.75) is 26.4 Å². The number of sulfonamides is 1. The molecule has 0 bridgehead atoms. The fourth-order valence-corrected chi connectivity index (χ4v) is 1.30. The first-order valence-electron chi connectivity index (χ1n) is 3.85. The molecule has 0 unspecified atom stereocenters. The van der Waals surface area contributed by atoms with Crippen LogP contribution >= 0.6 is 0 Å². The monoisotopic (exact) mass is 209 g/mol. The highest BCUT2D eigenvalue weighted by Gasteiger charge is 2.29. The molecular formula is C7H15NO4S. The molecule has 0 heterocycles. The maximum absolute atomic E-state index is 11.3. The van der Waals surface area contributed by atoms with Gasteiger partial charge in [0.2, 0.25) is 10.0 Å². The standard InChI is InChI=1S/C7H15NO4S/c1-5-12-7(2,3)6(9)8-13(4,10)11/h5H2,1-4H3,(H,8,9). The molecule has 6 heteroatoms. The number of rotatable bonds is 4. The van der Waals surface area contributed by atoms with Crippen LogP contribution in [0.3, 0.4) is 0 Å². The van der Waals surface area contributed by atoms with Crippen molar-refractivity contribution >= 4 is 15.9 Å². The van der Waals surface area contributed by atoms with Gasteiger partial charge in [-0.1, -0.05) is 0 Å². The Balaban J connectivity index is 4.43. The lowest BCUT2D eigenvalue weighted by molar-refractivity contribution is -0.140. The molecule has 0 saturated heterocycles. The molecule has 13 heavy (non-hydrogen) atoms. The van der Waals surface area contributed by atoms with E-state index in [-0.39, 0.29) is 0 Å². The van der Waals surface area contributed by atoms with E-state index in [1.807, 2.05) is 4.72 Å². The molecule has 0 aliphatic rings. The van der Waals surface area contributed by atoms with Crippen LogP contribution < -0.4 is 4.72 Å². The third-order valence-corrected chi connectivity index (χ3v) is 1.89.